The van der Waals surface area contributed by atoms with Crippen LogP contribution in [0.1, 0.15) is 22.7 Å². The van der Waals surface area contributed by atoms with Crippen LogP contribution in [0.4, 0.5) is 0 Å². The molecule has 0 amide bonds. The predicted molar refractivity (Wildman–Crippen MR) is 84.8 cm³/mol. The first-order chi connectivity index (χ1) is 9.51. The molecule has 0 fully saturated rings. The number of nitrogens with two attached hydrogens (primary N) is 1. The number of halogens is 2. The lowest BCUT2D eigenvalue weighted by molar-refractivity contribution is 0.414. The molecule has 2 N–H and O–H groups in total. The number of methoxy groups -OCH3 is 1. The van der Waals surface area contributed by atoms with Crippen LogP contribution >= 0.6 is 23.2 Å². The molecule has 0 saturated heterocycles. The van der Waals surface area contributed by atoms with Gasteiger partial charge in [0.1, 0.15) is 5.75 Å². The quantitative estimate of drug-likeness (QED) is 0.899. The molecular formula is C16H17Cl2NO. The predicted octanol–water partition coefficient (Wildman–Crippen LogP) is 4.55. The molecule has 0 aliphatic heterocycles. The van der Waals surface area contributed by atoms with Crippen LogP contribution in [0.3, 0.4) is 0 Å². The van der Waals surface area contributed by atoms with Gasteiger partial charge >= 0.3 is 0 Å². The van der Waals surface area contributed by atoms with Crippen LogP contribution in [0.2, 0.25) is 10.0 Å². The third kappa shape index (κ3) is 3.45. The van der Waals surface area contributed by atoms with Crippen molar-refractivity contribution in [2.45, 2.75) is 19.4 Å². The summed E-state index contributed by atoms with van der Waals surface area (Å²) < 4.78 is 5.20. The summed E-state index contributed by atoms with van der Waals surface area (Å²) in [6.45, 7) is 2.03. The average molecular weight is 310 g/mol. The number of hydrogen-bond donors (Lipinski definition) is 1. The fourth-order valence-corrected chi connectivity index (χ4v) is 2.54. The summed E-state index contributed by atoms with van der Waals surface area (Å²) in [6, 6.07) is 11.5. The topological polar surface area (TPSA) is 35.2 Å². The standard InChI is InChI=1S/C16H17Cl2NO/c1-10-7-12(20-2)4-5-13(10)16(19)9-11-3-6-14(17)15(18)8-11/h3-8,16H,9,19H2,1-2H3. The fourth-order valence-electron chi connectivity index (χ4n) is 2.22. The first kappa shape index (κ1) is 15.2. The molecule has 0 heterocycles. The molecule has 0 saturated carbocycles. The molecule has 0 radical (unpaired) electrons. The Morgan fingerprint density at radius 1 is 1.10 bits per heavy atom. The van der Waals surface area contributed by atoms with Crippen LogP contribution in [0.15, 0.2) is 36.4 Å². The van der Waals surface area contributed by atoms with Crippen LogP contribution in [0, 0.1) is 6.92 Å². The van der Waals surface area contributed by atoms with E-state index in [4.69, 9.17) is 33.7 Å². The zero-order valence-corrected chi connectivity index (χ0v) is 13.0. The Labute approximate surface area is 129 Å². The second-order valence-electron chi connectivity index (χ2n) is 4.78. The SMILES string of the molecule is COc1ccc(C(N)Cc2ccc(Cl)c(Cl)c2)c(C)c1. The Balaban J connectivity index is 2.19. The zero-order valence-electron chi connectivity index (χ0n) is 11.5. The highest BCUT2D eigenvalue weighted by Crippen LogP contribution is 2.27. The smallest absolute Gasteiger partial charge is 0.119 e. The number of hydrogen-bond acceptors (Lipinski definition) is 2. The van der Waals surface area contributed by atoms with Crippen molar-refractivity contribution in [1.82, 2.24) is 0 Å². The minimum absolute atomic E-state index is 0.0850. The first-order valence-corrected chi connectivity index (χ1v) is 7.11. The van der Waals surface area contributed by atoms with Crippen molar-refractivity contribution in [3.63, 3.8) is 0 Å². The van der Waals surface area contributed by atoms with E-state index < -0.39 is 0 Å². The van der Waals surface area contributed by atoms with Gasteiger partial charge in [0.2, 0.25) is 0 Å². The minimum Gasteiger partial charge on any atom is -0.497 e. The van der Waals surface area contributed by atoms with Crippen molar-refractivity contribution in [2.75, 3.05) is 7.11 Å². The Morgan fingerprint density at radius 2 is 1.85 bits per heavy atom. The molecule has 2 aromatic rings. The minimum atomic E-state index is -0.0850. The molecule has 2 rings (SSSR count). The number of benzene rings is 2. The third-order valence-electron chi connectivity index (χ3n) is 3.32. The second-order valence-corrected chi connectivity index (χ2v) is 5.60. The molecule has 4 heteroatoms. The number of rotatable bonds is 4. The van der Waals surface area contributed by atoms with Crippen LogP contribution in [-0.2, 0) is 6.42 Å². The van der Waals surface area contributed by atoms with Crippen LogP contribution < -0.4 is 10.5 Å². The summed E-state index contributed by atoms with van der Waals surface area (Å²) in [7, 11) is 1.66. The Morgan fingerprint density at radius 3 is 2.45 bits per heavy atom. The van der Waals surface area contributed by atoms with Gasteiger partial charge in [0, 0.05) is 6.04 Å². The lowest BCUT2D eigenvalue weighted by Crippen LogP contribution is -2.14. The Hall–Kier alpha value is -1.22. The van der Waals surface area contributed by atoms with Gasteiger partial charge in [-0.1, -0.05) is 35.3 Å². The van der Waals surface area contributed by atoms with E-state index in [1.165, 1.54) is 0 Å². The molecule has 1 atom stereocenters. The summed E-state index contributed by atoms with van der Waals surface area (Å²) in [5.74, 6) is 0.841. The van der Waals surface area contributed by atoms with E-state index in [2.05, 4.69) is 0 Å². The highest BCUT2D eigenvalue weighted by molar-refractivity contribution is 6.42. The maximum absolute atomic E-state index is 6.29. The molecule has 106 valence electrons. The summed E-state index contributed by atoms with van der Waals surface area (Å²) >= 11 is 11.9. The molecule has 0 aromatic heterocycles. The lowest BCUT2D eigenvalue weighted by atomic mass is 9.96. The van der Waals surface area contributed by atoms with Gasteiger partial charge in [0.05, 0.1) is 17.2 Å². The van der Waals surface area contributed by atoms with Crippen LogP contribution in [0.25, 0.3) is 0 Å². The first-order valence-electron chi connectivity index (χ1n) is 6.35. The summed E-state index contributed by atoms with van der Waals surface area (Å²) in [4.78, 5) is 0. The van der Waals surface area contributed by atoms with Gasteiger partial charge in [-0.3, -0.25) is 0 Å². The van der Waals surface area contributed by atoms with Crippen molar-refractivity contribution in [2.24, 2.45) is 5.73 Å². The van der Waals surface area contributed by atoms with Gasteiger partial charge in [-0.2, -0.15) is 0 Å². The maximum atomic E-state index is 6.29. The molecule has 0 bridgehead atoms. The van der Waals surface area contributed by atoms with Crippen LogP contribution in [0.5, 0.6) is 5.75 Å². The van der Waals surface area contributed by atoms with E-state index in [0.717, 1.165) is 22.4 Å². The van der Waals surface area contributed by atoms with Crippen molar-refractivity contribution in [3.05, 3.63) is 63.1 Å². The van der Waals surface area contributed by atoms with Crippen molar-refractivity contribution in [3.8, 4) is 5.75 Å². The summed E-state index contributed by atoms with van der Waals surface area (Å²) in [5, 5.41) is 1.12. The lowest BCUT2D eigenvalue weighted by Gasteiger charge is -2.16. The monoisotopic (exact) mass is 309 g/mol. The van der Waals surface area contributed by atoms with Gasteiger partial charge in [0.25, 0.3) is 0 Å². The molecular weight excluding hydrogens is 293 g/mol. The van der Waals surface area contributed by atoms with Crippen molar-refractivity contribution >= 4 is 23.2 Å². The number of aryl methyl sites for hydroxylation is 1. The molecule has 0 aliphatic carbocycles. The van der Waals surface area contributed by atoms with E-state index in [0.29, 0.717) is 16.5 Å². The maximum Gasteiger partial charge on any atom is 0.119 e. The Bertz CT molecular complexity index is 613. The third-order valence-corrected chi connectivity index (χ3v) is 4.06. The number of ether oxygens (including phenoxy) is 1. The summed E-state index contributed by atoms with van der Waals surface area (Å²) in [6.07, 6.45) is 0.712. The molecule has 2 aromatic carbocycles. The van der Waals surface area contributed by atoms with Crippen LogP contribution in [-0.4, -0.2) is 7.11 Å². The largest absolute Gasteiger partial charge is 0.497 e. The molecule has 1 unspecified atom stereocenters. The van der Waals surface area contributed by atoms with Gasteiger partial charge in [-0.15, -0.1) is 0 Å². The Kier molecular flexibility index (Phi) is 4.92. The highest BCUT2D eigenvalue weighted by atomic mass is 35.5. The molecule has 0 spiro atoms. The average Bonchev–Trinajstić information content (AvgIpc) is 2.42. The van der Waals surface area contributed by atoms with E-state index in [1.54, 1.807) is 13.2 Å². The molecule has 2 nitrogen and oxygen atoms in total. The van der Waals surface area contributed by atoms with Gasteiger partial charge in [-0.05, 0) is 54.3 Å². The van der Waals surface area contributed by atoms with Gasteiger partial charge in [-0.25, -0.2) is 0 Å². The summed E-state index contributed by atoms with van der Waals surface area (Å²) in [5.41, 5.74) is 9.59. The second kappa shape index (κ2) is 6.49. The van der Waals surface area contributed by atoms with E-state index >= 15 is 0 Å². The van der Waals surface area contributed by atoms with Crippen molar-refractivity contribution < 1.29 is 4.74 Å². The van der Waals surface area contributed by atoms with E-state index in [-0.39, 0.29) is 6.04 Å². The van der Waals surface area contributed by atoms with Gasteiger partial charge in [0.15, 0.2) is 0 Å². The normalized spacial score (nSPS) is 12.2. The van der Waals surface area contributed by atoms with Crippen molar-refractivity contribution in [1.29, 1.82) is 0 Å². The van der Waals surface area contributed by atoms with E-state index in [9.17, 15) is 0 Å². The highest BCUT2D eigenvalue weighted by Gasteiger charge is 2.11. The molecule has 20 heavy (non-hydrogen) atoms. The fraction of sp³-hybridized carbons (Fsp3) is 0.250. The zero-order chi connectivity index (χ0) is 14.7. The van der Waals surface area contributed by atoms with E-state index in [1.807, 2.05) is 37.3 Å². The molecule has 0 aliphatic rings. The van der Waals surface area contributed by atoms with Gasteiger partial charge < -0.3 is 10.5 Å².